The summed E-state index contributed by atoms with van der Waals surface area (Å²) in [5.41, 5.74) is 3.37. The van der Waals surface area contributed by atoms with E-state index in [2.05, 4.69) is 58.3 Å². The Morgan fingerprint density at radius 3 is 2.59 bits per heavy atom. The molecule has 1 saturated heterocycles. The van der Waals surface area contributed by atoms with E-state index >= 15 is 0 Å². The van der Waals surface area contributed by atoms with Crippen LogP contribution < -0.4 is 10.0 Å². The highest BCUT2D eigenvalue weighted by Crippen LogP contribution is 2.50. The fraction of sp³-hybridized carbons (Fsp3) is 0.652. The largest absolute Gasteiger partial charge is 0.311 e. The number of nitrogens with zero attached hydrogens (tertiary/aromatic N) is 1. The van der Waals surface area contributed by atoms with Crippen LogP contribution in [0.3, 0.4) is 0 Å². The molecule has 4 rings (SSSR count). The van der Waals surface area contributed by atoms with E-state index in [1.807, 2.05) is 6.92 Å². The second-order valence-electron chi connectivity index (χ2n) is 9.66. The Bertz CT molecular complexity index is 838. The Morgan fingerprint density at radius 1 is 1.28 bits per heavy atom. The van der Waals surface area contributed by atoms with Crippen LogP contribution in [-0.2, 0) is 10.0 Å². The number of nitrogens with one attached hydrogen (secondary N) is 2. The number of sulfonamides is 1. The van der Waals surface area contributed by atoms with Crippen LogP contribution in [0.5, 0.6) is 0 Å². The molecule has 1 aromatic carbocycles. The maximum Gasteiger partial charge on any atom is 0.208 e. The van der Waals surface area contributed by atoms with Gasteiger partial charge in [0.2, 0.25) is 10.0 Å². The molecule has 1 spiro atoms. The third-order valence-electron chi connectivity index (χ3n) is 6.70. The quantitative estimate of drug-likeness (QED) is 0.649. The molecule has 0 radical (unpaired) electrons. The Balaban J connectivity index is 1.18. The summed E-state index contributed by atoms with van der Waals surface area (Å²) in [6.45, 7) is 7.25. The molecular formula is C23H35N3O2S. The average Bonchev–Trinajstić information content (AvgIpc) is 3.34. The number of hydrogen-bond acceptors (Lipinski definition) is 4. The number of likely N-dealkylation sites (tertiary alicyclic amines) is 1. The number of rotatable bonds is 9. The molecule has 29 heavy (non-hydrogen) atoms. The lowest BCUT2D eigenvalue weighted by Crippen LogP contribution is -2.67. The van der Waals surface area contributed by atoms with E-state index in [9.17, 15) is 8.42 Å². The van der Waals surface area contributed by atoms with E-state index in [1.165, 1.54) is 31.1 Å². The van der Waals surface area contributed by atoms with Crippen LogP contribution >= 0.6 is 0 Å². The smallest absolute Gasteiger partial charge is 0.208 e. The van der Waals surface area contributed by atoms with Gasteiger partial charge in [0.25, 0.3) is 0 Å². The van der Waals surface area contributed by atoms with Gasteiger partial charge in [-0.2, -0.15) is 0 Å². The van der Waals surface area contributed by atoms with Crippen molar-refractivity contribution in [3.8, 4) is 0 Å². The second kappa shape index (κ2) is 8.14. The highest BCUT2D eigenvalue weighted by Gasteiger charge is 2.53. The number of benzene rings is 1. The van der Waals surface area contributed by atoms with Gasteiger partial charge in [-0.1, -0.05) is 48.9 Å². The SMILES string of the molecule is CC/C(=C\c1ccccc1)[C@H]1C[C@@H]1NC1CC2(C1)CN(CC(C)NS(C)(=O)=O)C2. The number of hydrogen-bond donors (Lipinski definition) is 2. The van der Waals surface area contributed by atoms with Crippen molar-refractivity contribution in [2.75, 3.05) is 25.9 Å². The molecule has 1 aromatic rings. The molecule has 2 N–H and O–H groups in total. The Morgan fingerprint density at radius 2 is 1.97 bits per heavy atom. The first kappa shape index (κ1) is 21.0. The monoisotopic (exact) mass is 417 g/mol. The molecule has 2 saturated carbocycles. The predicted molar refractivity (Wildman–Crippen MR) is 119 cm³/mol. The molecule has 6 heteroatoms. The molecule has 3 aliphatic rings. The molecule has 1 unspecified atom stereocenters. The highest BCUT2D eigenvalue weighted by atomic mass is 32.2. The summed E-state index contributed by atoms with van der Waals surface area (Å²) in [4.78, 5) is 2.39. The van der Waals surface area contributed by atoms with Gasteiger partial charge in [0.15, 0.2) is 0 Å². The molecule has 1 aliphatic heterocycles. The van der Waals surface area contributed by atoms with Crippen molar-refractivity contribution >= 4 is 16.1 Å². The van der Waals surface area contributed by atoms with Crippen LogP contribution in [0.2, 0.25) is 0 Å². The van der Waals surface area contributed by atoms with Crippen molar-refractivity contribution in [2.24, 2.45) is 11.3 Å². The van der Waals surface area contributed by atoms with Gasteiger partial charge in [0.05, 0.1) is 6.26 Å². The molecule has 160 valence electrons. The van der Waals surface area contributed by atoms with E-state index in [0.29, 0.717) is 23.4 Å². The second-order valence-corrected chi connectivity index (χ2v) is 11.4. The standard InChI is InChI=1S/C23H35N3O2S/c1-4-19(10-18-8-6-5-7-9-18)21-11-22(21)24-20-12-23(13-20)15-26(16-23)14-17(2)25-29(3,27)28/h5-10,17,20-22,24-25H,4,11-16H2,1-3H3/b19-10+/t17?,21-,22+/m1/s1. The Labute approximate surface area is 176 Å². The fourth-order valence-corrected chi connectivity index (χ4v) is 6.31. The van der Waals surface area contributed by atoms with E-state index in [4.69, 9.17) is 0 Å². The zero-order chi connectivity index (χ0) is 20.6. The van der Waals surface area contributed by atoms with Crippen molar-refractivity contribution in [3.05, 3.63) is 41.5 Å². The predicted octanol–water partition coefficient (Wildman–Crippen LogP) is 2.86. The summed E-state index contributed by atoms with van der Waals surface area (Å²) in [6.07, 6.45) is 8.55. The van der Waals surface area contributed by atoms with Gasteiger partial charge >= 0.3 is 0 Å². The summed E-state index contributed by atoms with van der Waals surface area (Å²) in [6, 6.07) is 11.9. The van der Waals surface area contributed by atoms with Crippen molar-refractivity contribution < 1.29 is 8.42 Å². The first-order valence-corrected chi connectivity index (χ1v) is 12.9. The van der Waals surface area contributed by atoms with Gasteiger partial charge in [0.1, 0.15) is 0 Å². The molecule has 2 aliphatic carbocycles. The van der Waals surface area contributed by atoms with E-state index < -0.39 is 10.0 Å². The van der Waals surface area contributed by atoms with E-state index in [1.54, 1.807) is 5.57 Å². The molecule has 3 fully saturated rings. The van der Waals surface area contributed by atoms with Crippen molar-refractivity contribution in [1.29, 1.82) is 0 Å². The zero-order valence-electron chi connectivity index (χ0n) is 17.9. The molecule has 1 heterocycles. The van der Waals surface area contributed by atoms with Crippen molar-refractivity contribution in [3.63, 3.8) is 0 Å². The van der Waals surface area contributed by atoms with Gasteiger partial charge < -0.3 is 10.2 Å². The summed E-state index contributed by atoms with van der Waals surface area (Å²) in [5.74, 6) is 0.706. The topological polar surface area (TPSA) is 61.4 Å². The minimum Gasteiger partial charge on any atom is -0.311 e. The summed E-state index contributed by atoms with van der Waals surface area (Å²) in [7, 11) is -3.11. The fourth-order valence-electron chi connectivity index (χ4n) is 5.51. The summed E-state index contributed by atoms with van der Waals surface area (Å²) < 4.78 is 25.3. The minimum atomic E-state index is -3.11. The molecule has 5 nitrogen and oxygen atoms in total. The third kappa shape index (κ3) is 5.29. The maximum absolute atomic E-state index is 11.3. The minimum absolute atomic E-state index is 0.0209. The van der Waals surface area contributed by atoms with Crippen LogP contribution in [-0.4, -0.2) is 57.3 Å². The van der Waals surface area contributed by atoms with E-state index in [0.717, 1.165) is 26.1 Å². The molecular weight excluding hydrogens is 382 g/mol. The van der Waals surface area contributed by atoms with Crippen LogP contribution in [0.15, 0.2) is 35.9 Å². The van der Waals surface area contributed by atoms with Gasteiger partial charge in [-0.25, -0.2) is 13.1 Å². The summed E-state index contributed by atoms with van der Waals surface area (Å²) >= 11 is 0. The van der Waals surface area contributed by atoms with E-state index in [-0.39, 0.29) is 6.04 Å². The molecule has 3 atom stereocenters. The van der Waals surface area contributed by atoms with Crippen LogP contribution in [0.4, 0.5) is 0 Å². The van der Waals surface area contributed by atoms with Crippen LogP contribution in [0, 0.1) is 11.3 Å². The van der Waals surface area contributed by atoms with Crippen molar-refractivity contribution in [2.45, 2.75) is 57.7 Å². The van der Waals surface area contributed by atoms with Gasteiger partial charge in [0, 0.05) is 37.8 Å². The first-order chi connectivity index (χ1) is 13.8. The zero-order valence-corrected chi connectivity index (χ0v) is 18.7. The van der Waals surface area contributed by atoms with Crippen LogP contribution in [0.25, 0.3) is 6.08 Å². The average molecular weight is 418 g/mol. The maximum atomic E-state index is 11.3. The Hall–Kier alpha value is -1.21. The summed E-state index contributed by atoms with van der Waals surface area (Å²) in [5, 5.41) is 3.90. The lowest BCUT2D eigenvalue weighted by Gasteiger charge is -2.60. The third-order valence-corrected chi connectivity index (χ3v) is 7.53. The van der Waals surface area contributed by atoms with Gasteiger partial charge in [-0.3, -0.25) is 0 Å². The Kier molecular flexibility index (Phi) is 5.90. The molecule has 0 amide bonds. The van der Waals surface area contributed by atoms with Crippen molar-refractivity contribution in [1.82, 2.24) is 14.9 Å². The molecule has 0 bridgehead atoms. The van der Waals surface area contributed by atoms with Gasteiger partial charge in [-0.15, -0.1) is 0 Å². The first-order valence-electron chi connectivity index (χ1n) is 11.0. The van der Waals surface area contributed by atoms with Crippen LogP contribution in [0.1, 0.15) is 45.1 Å². The lowest BCUT2D eigenvalue weighted by atomic mass is 9.60. The lowest BCUT2D eigenvalue weighted by molar-refractivity contribution is -0.0807. The highest BCUT2D eigenvalue weighted by molar-refractivity contribution is 7.88. The van der Waals surface area contributed by atoms with Gasteiger partial charge in [-0.05, 0) is 49.5 Å². The normalized spacial score (nSPS) is 28.0. The molecule has 0 aromatic heterocycles.